The summed E-state index contributed by atoms with van der Waals surface area (Å²) in [6, 6.07) is 5.94. The smallest absolute Gasteiger partial charge is 0.387 e. The molecule has 1 aromatic carbocycles. The molecule has 0 radical (unpaired) electrons. The Labute approximate surface area is 149 Å². The monoisotopic (exact) mass is 369 g/mol. The molecule has 2 aliphatic rings. The van der Waals surface area contributed by atoms with E-state index in [2.05, 4.69) is 4.74 Å². The van der Waals surface area contributed by atoms with E-state index in [9.17, 15) is 23.5 Å². The van der Waals surface area contributed by atoms with E-state index in [4.69, 9.17) is 4.74 Å². The van der Waals surface area contributed by atoms with Gasteiger partial charge in [-0.1, -0.05) is 12.1 Å². The molecule has 2 heterocycles. The first kappa shape index (κ1) is 18.6. The Hall–Kier alpha value is -2.22. The summed E-state index contributed by atoms with van der Waals surface area (Å²) < 4.78 is 35.1. The van der Waals surface area contributed by atoms with Crippen molar-refractivity contribution >= 4 is 11.9 Å². The number of carboxylic acids is 1. The number of para-hydroxylation sites is 1. The van der Waals surface area contributed by atoms with Crippen LogP contribution in [-0.4, -0.2) is 54.3 Å². The van der Waals surface area contributed by atoms with Gasteiger partial charge in [-0.2, -0.15) is 8.78 Å². The number of aliphatic carboxylic acids is 1. The first-order valence-electron chi connectivity index (χ1n) is 8.65. The van der Waals surface area contributed by atoms with Gasteiger partial charge < -0.3 is 19.5 Å². The normalized spacial score (nSPS) is 24.0. The Kier molecular flexibility index (Phi) is 5.70. The van der Waals surface area contributed by atoms with Gasteiger partial charge in [0.2, 0.25) is 0 Å². The van der Waals surface area contributed by atoms with E-state index in [0.717, 1.165) is 0 Å². The summed E-state index contributed by atoms with van der Waals surface area (Å²) in [5, 5.41) is 9.29. The maximum Gasteiger partial charge on any atom is 0.387 e. The second-order valence-electron chi connectivity index (χ2n) is 6.57. The summed E-state index contributed by atoms with van der Waals surface area (Å²) in [7, 11) is 0. The average molecular weight is 369 g/mol. The molecule has 1 unspecified atom stereocenters. The molecule has 0 aromatic heterocycles. The Balaban J connectivity index is 1.63. The zero-order chi connectivity index (χ0) is 18.7. The largest absolute Gasteiger partial charge is 0.481 e. The molecule has 8 heteroatoms. The summed E-state index contributed by atoms with van der Waals surface area (Å²) in [6.45, 7) is -1.70. The molecule has 2 aliphatic heterocycles. The number of benzene rings is 1. The maximum absolute atomic E-state index is 12.7. The molecule has 26 heavy (non-hydrogen) atoms. The molecule has 1 N–H and O–H groups in total. The lowest BCUT2D eigenvalue weighted by Crippen LogP contribution is -2.43. The van der Waals surface area contributed by atoms with Gasteiger partial charge in [-0.05, 0) is 37.3 Å². The number of hydrogen-bond acceptors (Lipinski definition) is 4. The van der Waals surface area contributed by atoms with Crippen LogP contribution in [0.3, 0.4) is 0 Å². The molecule has 6 nitrogen and oxygen atoms in total. The lowest BCUT2D eigenvalue weighted by Gasteiger charge is -2.35. The number of hydrogen-bond donors (Lipinski definition) is 1. The van der Waals surface area contributed by atoms with Crippen LogP contribution in [0.2, 0.25) is 0 Å². The van der Waals surface area contributed by atoms with Gasteiger partial charge in [-0.15, -0.1) is 0 Å². The van der Waals surface area contributed by atoms with Crippen molar-refractivity contribution in [2.75, 3.05) is 19.7 Å². The van der Waals surface area contributed by atoms with E-state index in [1.807, 2.05) is 0 Å². The van der Waals surface area contributed by atoms with Crippen molar-refractivity contribution in [3.8, 4) is 5.75 Å². The quantitative estimate of drug-likeness (QED) is 0.864. The minimum Gasteiger partial charge on any atom is -0.481 e. The van der Waals surface area contributed by atoms with E-state index in [-0.39, 0.29) is 29.2 Å². The van der Waals surface area contributed by atoms with Crippen molar-refractivity contribution < 1.29 is 33.0 Å². The van der Waals surface area contributed by atoms with Crippen LogP contribution in [0.4, 0.5) is 8.78 Å². The fourth-order valence-corrected chi connectivity index (χ4v) is 3.78. The second kappa shape index (κ2) is 7.99. The Morgan fingerprint density at radius 3 is 2.54 bits per heavy atom. The molecular weight excluding hydrogens is 348 g/mol. The minimum atomic E-state index is -3.00. The van der Waals surface area contributed by atoms with Crippen molar-refractivity contribution in [2.24, 2.45) is 11.8 Å². The van der Waals surface area contributed by atoms with Gasteiger partial charge in [-0.3, -0.25) is 9.59 Å². The molecule has 2 atom stereocenters. The van der Waals surface area contributed by atoms with E-state index in [1.165, 1.54) is 18.2 Å². The molecule has 2 fully saturated rings. The fraction of sp³-hybridized carbons (Fsp3) is 0.556. The summed E-state index contributed by atoms with van der Waals surface area (Å²) in [5.74, 6) is -1.76. The van der Waals surface area contributed by atoms with Crippen LogP contribution in [0.1, 0.15) is 29.6 Å². The van der Waals surface area contributed by atoms with Gasteiger partial charge in [-0.25, -0.2) is 0 Å². The van der Waals surface area contributed by atoms with E-state index in [1.54, 1.807) is 11.0 Å². The fourth-order valence-electron chi connectivity index (χ4n) is 3.78. The summed E-state index contributed by atoms with van der Waals surface area (Å²) in [4.78, 5) is 25.6. The van der Waals surface area contributed by atoms with E-state index in [0.29, 0.717) is 39.0 Å². The van der Waals surface area contributed by atoms with Crippen molar-refractivity contribution in [3.63, 3.8) is 0 Å². The summed E-state index contributed by atoms with van der Waals surface area (Å²) >= 11 is 0. The predicted molar refractivity (Wildman–Crippen MR) is 87.2 cm³/mol. The van der Waals surface area contributed by atoms with Gasteiger partial charge in [0.15, 0.2) is 0 Å². The number of piperidine rings is 1. The number of halogens is 2. The number of carboxylic acid groups (broad SMARTS) is 1. The highest BCUT2D eigenvalue weighted by molar-refractivity contribution is 5.97. The lowest BCUT2D eigenvalue weighted by molar-refractivity contribution is -0.145. The average Bonchev–Trinajstić information content (AvgIpc) is 3.11. The van der Waals surface area contributed by atoms with Gasteiger partial charge in [0.05, 0.1) is 17.6 Å². The number of nitrogens with zero attached hydrogens (tertiary/aromatic N) is 1. The third kappa shape index (κ3) is 3.95. The van der Waals surface area contributed by atoms with Crippen molar-refractivity contribution in [1.82, 2.24) is 4.90 Å². The van der Waals surface area contributed by atoms with Crippen molar-refractivity contribution in [2.45, 2.75) is 32.0 Å². The lowest BCUT2D eigenvalue weighted by atomic mass is 9.84. The van der Waals surface area contributed by atoms with Crippen molar-refractivity contribution in [3.05, 3.63) is 29.8 Å². The summed E-state index contributed by atoms with van der Waals surface area (Å²) in [5.41, 5.74) is 0.103. The van der Waals surface area contributed by atoms with Crippen LogP contribution >= 0.6 is 0 Å². The third-order valence-electron chi connectivity index (χ3n) is 5.08. The Morgan fingerprint density at radius 2 is 1.88 bits per heavy atom. The van der Waals surface area contributed by atoms with Crippen LogP contribution in [0.15, 0.2) is 24.3 Å². The van der Waals surface area contributed by atoms with E-state index >= 15 is 0 Å². The Morgan fingerprint density at radius 1 is 1.19 bits per heavy atom. The molecule has 0 spiro atoms. The van der Waals surface area contributed by atoms with Crippen LogP contribution < -0.4 is 4.74 Å². The van der Waals surface area contributed by atoms with Crippen LogP contribution in [0, 0.1) is 11.8 Å². The van der Waals surface area contributed by atoms with Gasteiger partial charge >= 0.3 is 12.6 Å². The molecule has 3 rings (SSSR count). The first-order chi connectivity index (χ1) is 12.5. The zero-order valence-electron chi connectivity index (χ0n) is 14.1. The highest BCUT2D eigenvalue weighted by atomic mass is 19.3. The number of likely N-dealkylation sites (tertiary alicyclic amines) is 1. The molecule has 142 valence electrons. The SMILES string of the molecule is O=C(O)C1CCO[C@H]1C1CCN(C(=O)c2ccccc2OC(F)F)CC1. The Bertz CT molecular complexity index is 661. The number of carbonyl (C=O) groups excluding carboxylic acids is 1. The number of carbonyl (C=O) groups is 2. The predicted octanol–water partition coefficient (Wildman–Crippen LogP) is 2.63. The van der Waals surface area contributed by atoms with Gasteiger partial charge in [0, 0.05) is 19.7 Å². The zero-order valence-corrected chi connectivity index (χ0v) is 14.1. The standard InChI is InChI=1S/C18H21F2NO5/c19-18(20)26-14-4-2-1-3-12(14)16(22)21-8-5-11(6-9-21)15-13(17(23)24)7-10-25-15/h1-4,11,13,15,18H,5-10H2,(H,23,24)/t13?,15-/m0/s1. The molecule has 0 bridgehead atoms. The number of alkyl halides is 2. The molecule has 1 aromatic rings. The second-order valence-corrected chi connectivity index (χ2v) is 6.57. The topological polar surface area (TPSA) is 76.1 Å². The third-order valence-corrected chi connectivity index (χ3v) is 5.08. The number of rotatable bonds is 5. The highest BCUT2D eigenvalue weighted by Crippen LogP contribution is 2.34. The minimum absolute atomic E-state index is 0.0789. The summed E-state index contributed by atoms with van der Waals surface area (Å²) in [6.07, 6.45) is 1.44. The van der Waals surface area contributed by atoms with Crippen LogP contribution in [-0.2, 0) is 9.53 Å². The van der Waals surface area contributed by atoms with Crippen LogP contribution in [0.25, 0.3) is 0 Å². The first-order valence-corrected chi connectivity index (χ1v) is 8.65. The van der Waals surface area contributed by atoms with Crippen LogP contribution in [0.5, 0.6) is 5.75 Å². The molecular formula is C18H21F2NO5. The van der Waals surface area contributed by atoms with Gasteiger partial charge in [0.1, 0.15) is 5.75 Å². The molecule has 2 saturated heterocycles. The maximum atomic E-state index is 12.7. The van der Waals surface area contributed by atoms with Gasteiger partial charge in [0.25, 0.3) is 5.91 Å². The molecule has 0 saturated carbocycles. The number of amides is 1. The van der Waals surface area contributed by atoms with E-state index < -0.39 is 18.5 Å². The molecule has 0 aliphatic carbocycles. The molecule has 1 amide bonds. The van der Waals surface area contributed by atoms with Crippen molar-refractivity contribution in [1.29, 1.82) is 0 Å². The number of ether oxygens (including phenoxy) is 2. The highest BCUT2D eigenvalue weighted by Gasteiger charge is 2.41.